The van der Waals surface area contributed by atoms with Gasteiger partial charge in [-0.2, -0.15) is 0 Å². The van der Waals surface area contributed by atoms with Gasteiger partial charge in [0.1, 0.15) is 23.5 Å². The first-order valence-corrected chi connectivity index (χ1v) is 11.1. The van der Waals surface area contributed by atoms with Crippen molar-refractivity contribution < 1.29 is 29.3 Å². The highest BCUT2D eigenvalue weighted by Gasteiger charge is 2.37. The Hall–Kier alpha value is -3.03. The lowest BCUT2D eigenvalue weighted by atomic mass is 9.92. The maximum atomic E-state index is 12.2. The van der Waals surface area contributed by atoms with E-state index in [0.29, 0.717) is 42.4 Å². The fourth-order valence-corrected chi connectivity index (χ4v) is 4.44. The van der Waals surface area contributed by atoms with Crippen LogP contribution < -0.4 is 11.1 Å². The average Bonchev–Trinajstić information content (AvgIpc) is 3.35. The van der Waals surface area contributed by atoms with Crippen molar-refractivity contribution in [1.29, 1.82) is 0 Å². The summed E-state index contributed by atoms with van der Waals surface area (Å²) in [5.74, 6) is 1.11. The molecule has 0 spiro atoms. The third kappa shape index (κ3) is 4.30. The molecule has 3 fully saturated rings. The predicted molar refractivity (Wildman–Crippen MR) is 112 cm³/mol. The van der Waals surface area contributed by atoms with Crippen LogP contribution in [0.15, 0.2) is 6.33 Å². The number of likely N-dealkylation sites (tertiary alicyclic amines) is 1. The maximum Gasteiger partial charge on any atom is 0.411 e. The molecule has 5 heterocycles. The molecule has 3 aliphatic heterocycles. The number of aryl methyl sites for hydroxylation is 1. The minimum Gasteiger partial charge on any atom is -0.425 e. The molecule has 3 unspecified atom stereocenters. The van der Waals surface area contributed by atoms with Crippen LogP contribution in [-0.2, 0) is 20.7 Å². The van der Waals surface area contributed by atoms with Gasteiger partial charge in [0.25, 0.3) is 0 Å². The quantitative estimate of drug-likeness (QED) is 0.416. The Bertz CT molecular complexity index is 1040. The summed E-state index contributed by atoms with van der Waals surface area (Å²) in [4.78, 5) is 38.0. The lowest BCUT2D eigenvalue weighted by molar-refractivity contribution is -0.136. The van der Waals surface area contributed by atoms with E-state index in [4.69, 9.17) is 15.2 Å². The Labute approximate surface area is 188 Å². The molecule has 13 heteroatoms. The molecule has 5 N–H and O–H groups in total. The topological polar surface area (TPSA) is 178 Å². The lowest BCUT2D eigenvalue weighted by Gasteiger charge is -2.34. The van der Waals surface area contributed by atoms with Crippen molar-refractivity contribution in [2.45, 2.75) is 56.8 Å². The molecular formula is C20H27N7O6. The molecule has 0 bridgehead atoms. The van der Waals surface area contributed by atoms with Crippen LogP contribution in [0.4, 0.5) is 10.6 Å². The van der Waals surface area contributed by atoms with Crippen LogP contribution in [0, 0.1) is 5.92 Å². The molecule has 4 atom stereocenters. The van der Waals surface area contributed by atoms with Crippen molar-refractivity contribution in [2.75, 3.05) is 25.4 Å². The number of aliphatic hydroxyl groups is 2. The van der Waals surface area contributed by atoms with Gasteiger partial charge in [0.2, 0.25) is 5.91 Å². The molecule has 13 nitrogen and oxygen atoms in total. The molecule has 2 aromatic rings. The van der Waals surface area contributed by atoms with Crippen LogP contribution >= 0.6 is 0 Å². The van der Waals surface area contributed by atoms with Crippen molar-refractivity contribution in [3.05, 3.63) is 12.2 Å². The molecule has 0 aromatic carbocycles. The smallest absolute Gasteiger partial charge is 0.411 e. The number of aliphatic hydroxyl groups excluding tert-OH is 2. The number of fused-ring (bicyclic) bond motifs is 1. The number of amides is 2. The van der Waals surface area contributed by atoms with Crippen LogP contribution in [0.2, 0.25) is 0 Å². The van der Waals surface area contributed by atoms with Gasteiger partial charge in [-0.15, -0.1) is 0 Å². The van der Waals surface area contributed by atoms with Gasteiger partial charge in [-0.3, -0.25) is 9.36 Å². The Balaban J connectivity index is 1.18. The van der Waals surface area contributed by atoms with Gasteiger partial charge in [0.05, 0.1) is 19.4 Å². The molecular weight excluding hydrogens is 434 g/mol. The summed E-state index contributed by atoms with van der Waals surface area (Å²) in [7, 11) is 0. The van der Waals surface area contributed by atoms with E-state index in [1.54, 1.807) is 9.47 Å². The first-order valence-electron chi connectivity index (χ1n) is 11.1. The highest BCUT2D eigenvalue weighted by molar-refractivity contribution is 5.83. The van der Waals surface area contributed by atoms with Crippen LogP contribution in [0.25, 0.3) is 11.2 Å². The predicted octanol–water partition coefficient (Wildman–Crippen LogP) is -0.714. The number of nitrogen functional groups attached to an aromatic ring is 1. The zero-order valence-electron chi connectivity index (χ0n) is 18.0. The molecule has 2 amide bonds. The lowest BCUT2D eigenvalue weighted by Crippen LogP contribution is -2.53. The number of hydrogen-bond donors (Lipinski definition) is 4. The Morgan fingerprint density at radius 2 is 2.06 bits per heavy atom. The van der Waals surface area contributed by atoms with Gasteiger partial charge < -0.3 is 35.6 Å². The summed E-state index contributed by atoms with van der Waals surface area (Å²) >= 11 is 0. The highest BCUT2D eigenvalue weighted by Crippen LogP contribution is 2.29. The zero-order chi connectivity index (χ0) is 23.1. The van der Waals surface area contributed by atoms with Gasteiger partial charge in [0.15, 0.2) is 23.9 Å². The number of nitrogens with two attached hydrogens (primary N) is 1. The minimum absolute atomic E-state index is 0.0282. The molecule has 5 rings (SSSR count). The van der Waals surface area contributed by atoms with Crippen LogP contribution in [-0.4, -0.2) is 84.8 Å². The molecule has 0 aliphatic carbocycles. The van der Waals surface area contributed by atoms with E-state index >= 15 is 0 Å². The summed E-state index contributed by atoms with van der Waals surface area (Å²) in [6.45, 7) is 1.22. The molecule has 2 aromatic heterocycles. The van der Waals surface area contributed by atoms with Crippen molar-refractivity contribution in [2.24, 2.45) is 5.92 Å². The average molecular weight is 461 g/mol. The number of piperidine rings is 1. The molecule has 3 saturated heterocycles. The second-order valence-corrected chi connectivity index (χ2v) is 8.74. The number of hydrogen-bond acceptors (Lipinski definition) is 10. The Morgan fingerprint density at radius 3 is 2.73 bits per heavy atom. The SMILES string of the molecule is Nc1nc(CCC2CCN(C(=O)OC3CC(=O)N3)CC2)nc2c1ncn2[C@@H]1OCC(O)C1O. The van der Waals surface area contributed by atoms with Gasteiger partial charge in [-0.05, 0) is 25.2 Å². The van der Waals surface area contributed by atoms with Gasteiger partial charge in [-0.1, -0.05) is 0 Å². The van der Waals surface area contributed by atoms with Crippen LogP contribution in [0.1, 0.15) is 37.7 Å². The van der Waals surface area contributed by atoms with Gasteiger partial charge >= 0.3 is 6.09 Å². The molecule has 0 radical (unpaired) electrons. The zero-order valence-corrected chi connectivity index (χ0v) is 18.0. The van der Waals surface area contributed by atoms with Crippen molar-refractivity contribution in [1.82, 2.24) is 29.7 Å². The third-order valence-corrected chi connectivity index (χ3v) is 6.48. The molecule has 0 saturated carbocycles. The normalized spacial score (nSPS) is 28.1. The maximum absolute atomic E-state index is 12.2. The number of rotatable bonds is 5. The van der Waals surface area contributed by atoms with E-state index in [0.717, 1.165) is 19.3 Å². The number of nitrogens with zero attached hydrogens (tertiary/aromatic N) is 5. The molecule has 3 aliphatic rings. The van der Waals surface area contributed by atoms with Crippen molar-refractivity contribution in [3.63, 3.8) is 0 Å². The van der Waals surface area contributed by atoms with Crippen molar-refractivity contribution >= 4 is 29.0 Å². The van der Waals surface area contributed by atoms with E-state index in [1.165, 1.54) is 6.33 Å². The number of imidazole rings is 1. The van der Waals surface area contributed by atoms with Gasteiger partial charge in [-0.25, -0.2) is 19.7 Å². The summed E-state index contributed by atoms with van der Waals surface area (Å²) in [5, 5.41) is 22.5. The Kier molecular flexibility index (Phi) is 5.76. The number of anilines is 1. The van der Waals surface area contributed by atoms with E-state index < -0.39 is 30.8 Å². The van der Waals surface area contributed by atoms with E-state index in [1.807, 2.05) is 0 Å². The first kappa shape index (κ1) is 21.8. The van der Waals surface area contributed by atoms with E-state index in [9.17, 15) is 19.8 Å². The Morgan fingerprint density at radius 1 is 1.30 bits per heavy atom. The summed E-state index contributed by atoms with van der Waals surface area (Å²) < 4.78 is 12.3. The molecule has 33 heavy (non-hydrogen) atoms. The highest BCUT2D eigenvalue weighted by atomic mass is 16.6. The number of aromatic nitrogens is 4. The van der Waals surface area contributed by atoms with Crippen LogP contribution in [0.3, 0.4) is 0 Å². The largest absolute Gasteiger partial charge is 0.425 e. The number of carbonyl (C=O) groups is 2. The standard InChI is InChI=1S/C20H27N7O6/c21-17-15-18(27(9-22-15)19-16(30)11(28)8-32-19)24-12(23-17)2-1-10-3-5-26(6-4-10)20(31)33-14-7-13(29)25-14/h9-11,14,16,19,28,30H,1-8H2,(H,25,29)(H2,21,23,24)/t11?,14?,16?,19-/m1/s1. The first-order chi connectivity index (χ1) is 15.9. The van der Waals surface area contributed by atoms with Crippen molar-refractivity contribution in [3.8, 4) is 0 Å². The fourth-order valence-electron chi connectivity index (χ4n) is 4.44. The van der Waals surface area contributed by atoms with E-state index in [2.05, 4.69) is 20.3 Å². The molecule has 178 valence electrons. The van der Waals surface area contributed by atoms with Crippen LogP contribution in [0.5, 0.6) is 0 Å². The second kappa shape index (κ2) is 8.72. The number of nitrogens with one attached hydrogen (secondary N) is 1. The monoisotopic (exact) mass is 461 g/mol. The fraction of sp³-hybridized carbons (Fsp3) is 0.650. The van der Waals surface area contributed by atoms with E-state index in [-0.39, 0.29) is 24.8 Å². The second-order valence-electron chi connectivity index (χ2n) is 8.74. The number of β-lactam (4-membered cyclic amide) rings is 1. The summed E-state index contributed by atoms with van der Waals surface area (Å²) in [6, 6.07) is 0. The number of ether oxygens (including phenoxy) is 2. The summed E-state index contributed by atoms with van der Waals surface area (Å²) in [6.07, 6.45) is 1.07. The third-order valence-electron chi connectivity index (χ3n) is 6.48. The summed E-state index contributed by atoms with van der Waals surface area (Å²) in [5.41, 5.74) is 6.97. The van der Waals surface area contributed by atoms with Gasteiger partial charge in [0, 0.05) is 19.5 Å². The number of carbonyl (C=O) groups excluding carboxylic acids is 2. The minimum atomic E-state index is -1.08.